The van der Waals surface area contributed by atoms with E-state index in [1.54, 1.807) is 0 Å². The fourth-order valence-electron chi connectivity index (χ4n) is 11.2. The van der Waals surface area contributed by atoms with Crippen molar-refractivity contribution < 1.29 is 24.5 Å². The monoisotopic (exact) mass is 1070 g/mol. The quantitative estimate of drug-likeness (QED) is 0.0320. The van der Waals surface area contributed by atoms with Crippen molar-refractivity contribution in [3.05, 3.63) is 12.2 Å². The number of allylic oxidation sites excluding steroid dienone is 2. The molecule has 0 aliphatic rings. The van der Waals surface area contributed by atoms with Crippen LogP contribution in [0.4, 0.5) is 0 Å². The number of unbranched alkanes of at least 4 members (excludes halogenated alkanes) is 53. The second kappa shape index (κ2) is 66.1. The van der Waals surface area contributed by atoms with E-state index in [9.17, 15) is 19.8 Å². The van der Waals surface area contributed by atoms with Crippen molar-refractivity contribution >= 4 is 11.9 Å². The highest BCUT2D eigenvalue weighted by atomic mass is 16.5. The molecule has 0 aromatic rings. The second-order valence-corrected chi connectivity index (χ2v) is 24.2. The van der Waals surface area contributed by atoms with Crippen molar-refractivity contribution in [3.8, 4) is 0 Å². The number of rotatable bonds is 66. The van der Waals surface area contributed by atoms with Gasteiger partial charge >= 0.3 is 5.97 Å². The first kappa shape index (κ1) is 74.6. The number of esters is 1. The topological polar surface area (TPSA) is 95.9 Å². The highest BCUT2D eigenvalue weighted by Gasteiger charge is 2.20. The van der Waals surface area contributed by atoms with E-state index in [1.165, 1.54) is 321 Å². The molecule has 6 heteroatoms. The first-order valence-electron chi connectivity index (χ1n) is 34.9. The van der Waals surface area contributed by atoms with Crippen LogP contribution >= 0.6 is 0 Å². The van der Waals surface area contributed by atoms with Crippen molar-refractivity contribution in [2.24, 2.45) is 0 Å². The molecule has 2 unspecified atom stereocenters. The molecule has 2 atom stereocenters. The lowest BCUT2D eigenvalue weighted by molar-refractivity contribution is -0.143. The molecular formula is C70H137NO5. The minimum Gasteiger partial charge on any atom is -0.466 e. The van der Waals surface area contributed by atoms with Gasteiger partial charge in [0.05, 0.1) is 25.4 Å². The Hall–Kier alpha value is -1.40. The zero-order valence-corrected chi connectivity index (χ0v) is 51.8. The van der Waals surface area contributed by atoms with Gasteiger partial charge in [-0.1, -0.05) is 347 Å². The molecule has 0 aliphatic carbocycles. The summed E-state index contributed by atoms with van der Waals surface area (Å²) in [6.45, 7) is 4.98. The van der Waals surface area contributed by atoms with Crippen molar-refractivity contribution in [2.75, 3.05) is 13.2 Å². The molecule has 0 heterocycles. The van der Waals surface area contributed by atoms with E-state index in [1.807, 2.05) is 0 Å². The van der Waals surface area contributed by atoms with Crippen LogP contribution in [0.25, 0.3) is 0 Å². The van der Waals surface area contributed by atoms with Crippen molar-refractivity contribution in [2.45, 2.75) is 411 Å². The van der Waals surface area contributed by atoms with Crippen LogP contribution in [0, 0.1) is 0 Å². The van der Waals surface area contributed by atoms with Crippen LogP contribution < -0.4 is 5.32 Å². The fraction of sp³-hybridized carbons (Fsp3) is 0.943. The van der Waals surface area contributed by atoms with E-state index in [0.717, 1.165) is 44.9 Å². The third kappa shape index (κ3) is 61.8. The number of carbonyl (C=O) groups excluding carboxylic acids is 2. The number of nitrogens with one attached hydrogen (secondary N) is 1. The number of ether oxygens (including phenoxy) is 1. The van der Waals surface area contributed by atoms with Crippen LogP contribution in [-0.4, -0.2) is 47.4 Å². The first-order valence-corrected chi connectivity index (χ1v) is 34.9. The zero-order valence-electron chi connectivity index (χ0n) is 51.8. The molecule has 452 valence electrons. The highest BCUT2D eigenvalue weighted by molar-refractivity contribution is 5.76. The summed E-state index contributed by atoms with van der Waals surface area (Å²) in [5.41, 5.74) is 0. The molecule has 0 rings (SSSR count). The van der Waals surface area contributed by atoms with E-state index in [4.69, 9.17) is 4.74 Å². The van der Waals surface area contributed by atoms with Gasteiger partial charge in [-0.05, 0) is 51.4 Å². The Balaban J connectivity index is 3.34. The molecule has 6 nitrogen and oxygen atoms in total. The number of aliphatic hydroxyl groups is 2. The Labute approximate surface area is 476 Å². The minimum absolute atomic E-state index is 0.0104. The van der Waals surface area contributed by atoms with Crippen molar-refractivity contribution in [1.29, 1.82) is 0 Å². The van der Waals surface area contributed by atoms with Crippen LogP contribution in [0.15, 0.2) is 12.2 Å². The maximum atomic E-state index is 12.5. The first-order chi connectivity index (χ1) is 37.5. The lowest BCUT2D eigenvalue weighted by Crippen LogP contribution is -2.45. The minimum atomic E-state index is -0.662. The molecule has 1 amide bonds. The van der Waals surface area contributed by atoms with Gasteiger partial charge in [0, 0.05) is 12.8 Å². The molecule has 0 fully saturated rings. The van der Waals surface area contributed by atoms with Gasteiger partial charge in [-0.2, -0.15) is 0 Å². The zero-order chi connectivity index (χ0) is 55.0. The normalized spacial score (nSPS) is 12.5. The van der Waals surface area contributed by atoms with Crippen LogP contribution in [0.1, 0.15) is 399 Å². The van der Waals surface area contributed by atoms with E-state index in [2.05, 4.69) is 31.3 Å². The van der Waals surface area contributed by atoms with E-state index in [-0.39, 0.29) is 18.5 Å². The summed E-state index contributed by atoms with van der Waals surface area (Å²) in [7, 11) is 0. The Morgan fingerprint density at radius 2 is 0.618 bits per heavy atom. The number of aliphatic hydroxyl groups excluding tert-OH is 2. The molecular weight excluding hydrogens is 935 g/mol. The van der Waals surface area contributed by atoms with Crippen LogP contribution in [0.5, 0.6) is 0 Å². The van der Waals surface area contributed by atoms with Gasteiger partial charge in [-0.15, -0.1) is 0 Å². The SMILES string of the molecule is CCCCCC/C=C\CCCCCCCC(=O)OCCCCCCCCCCCCCCCCCCCCCCCCCCCCCCC(=O)NC(CO)C(O)CCCCCCCCCCCCCCCCCCCC. The number of hydrogen-bond acceptors (Lipinski definition) is 5. The largest absolute Gasteiger partial charge is 0.466 e. The van der Waals surface area contributed by atoms with E-state index < -0.39 is 12.1 Å². The Morgan fingerprint density at radius 1 is 0.355 bits per heavy atom. The molecule has 76 heavy (non-hydrogen) atoms. The fourth-order valence-corrected chi connectivity index (χ4v) is 11.2. The summed E-state index contributed by atoms with van der Waals surface area (Å²) in [6, 6.07) is -0.539. The molecule has 0 aromatic heterocycles. The number of hydrogen-bond donors (Lipinski definition) is 3. The molecule has 0 bridgehead atoms. The Kier molecular flexibility index (Phi) is 64.9. The van der Waals surface area contributed by atoms with E-state index >= 15 is 0 Å². The second-order valence-electron chi connectivity index (χ2n) is 24.2. The maximum absolute atomic E-state index is 12.5. The van der Waals surface area contributed by atoms with Gasteiger partial charge in [0.2, 0.25) is 5.91 Å². The molecule has 0 saturated carbocycles. The van der Waals surface area contributed by atoms with Crippen molar-refractivity contribution in [1.82, 2.24) is 5.32 Å². The summed E-state index contributed by atoms with van der Waals surface area (Å²) in [5, 5.41) is 23.4. The molecule has 0 aliphatic heterocycles. The molecule has 0 spiro atoms. The summed E-state index contributed by atoms with van der Waals surface area (Å²) in [4.78, 5) is 24.6. The summed E-state index contributed by atoms with van der Waals surface area (Å²) < 4.78 is 5.48. The molecule has 0 saturated heterocycles. The lowest BCUT2D eigenvalue weighted by atomic mass is 10.0. The van der Waals surface area contributed by atoms with Gasteiger partial charge in [0.1, 0.15) is 0 Å². The van der Waals surface area contributed by atoms with Gasteiger partial charge < -0.3 is 20.3 Å². The summed E-state index contributed by atoms with van der Waals surface area (Å²) in [6.07, 6.45) is 81.1. The third-order valence-electron chi connectivity index (χ3n) is 16.6. The molecule has 3 N–H and O–H groups in total. The average molecular weight is 1070 g/mol. The number of carbonyl (C=O) groups is 2. The predicted octanol–water partition coefficient (Wildman–Crippen LogP) is 22.4. The Morgan fingerprint density at radius 3 is 0.947 bits per heavy atom. The van der Waals surface area contributed by atoms with E-state index in [0.29, 0.717) is 25.9 Å². The molecule has 0 aromatic carbocycles. The van der Waals surface area contributed by atoms with Gasteiger partial charge in [0.15, 0.2) is 0 Å². The van der Waals surface area contributed by atoms with Gasteiger partial charge in [-0.25, -0.2) is 0 Å². The lowest BCUT2D eigenvalue weighted by Gasteiger charge is -2.22. The predicted molar refractivity (Wildman–Crippen MR) is 333 cm³/mol. The third-order valence-corrected chi connectivity index (χ3v) is 16.6. The molecule has 0 radical (unpaired) electrons. The van der Waals surface area contributed by atoms with Gasteiger partial charge in [0.25, 0.3) is 0 Å². The van der Waals surface area contributed by atoms with Gasteiger partial charge in [-0.3, -0.25) is 9.59 Å². The summed E-state index contributed by atoms with van der Waals surface area (Å²) in [5.74, 6) is -0.0172. The highest BCUT2D eigenvalue weighted by Crippen LogP contribution is 2.19. The summed E-state index contributed by atoms with van der Waals surface area (Å²) >= 11 is 0. The van der Waals surface area contributed by atoms with Crippen molar-refractivity contribution in [3.63, 3.8) is 0 Å². The Bertz CT molecular complexity index is 1140. The maximum Gasteiger partial charge on any atom is 0.305 e. The average Bonchev–Trinajstić information content (AvgIpc) is 3.42. The standard InChI is InChI=1S/C70H137NO5/c1-3-5-7-9-11-13-15-17-18-19-32-35-39-42-46-50-54-58-62-68(73)67(66-72)71-69(74)63-59-55-51-47-43-40-36-33-30-28-26-24-22-20-21-23-25-27-29-31-34-37-41-45-49-53-57-61-65-76-70(75)64-60-56-52-48-44-38-16-14-12-10-8-6-4-2/h14,16,67-68,72-73H,3-13,15,17-66H2,1-2H3,(H,71,74)/b16-14-. The van der Waals surface area contributed by atoms with Crippen LogP contribution in [0.3, 0.4) is 0 Å². The smallest absolute Gasteiger partial charge is 0.305 e. The number of amides is 1. The van der Waals surface area contributed by atoms with Crippen LogP contribution in [0.2, 0.25) is 0 Å². The van der Waals surface area contributed by atoms with Crippen LogP contribution in [-0.2, 0) is 14.3 Å².